The van der Waals surface area contributed by atoms with Gasteiger partial charge in [0.2, 0.25) is 0 Å². The summed E-state index contributed by atoms with van der Waals surface area (Å²) in [6, 6.07) is 7.07. The molecule has 3 nitrogen and oxygen atoms in total. The molecule has 1 unspecified atom stereocenters. The minimum absolute atomic E-state index is 0.645. The van der Waals surface area contributed by atoms with Crippen LogP contribution in [-0.4, -0.2) is 43.7 Å². The number of hydrogen-bond acceptors (Lipinski definition) is 3. The summed E-state index contributed by atoms with van der Waals surface area (Å²) in [5, 5.41) is 0.845. The first-order chi connectivity index (χ1) is 9.65. The Morgan fingerprint density at radius 3 is 2.50 bits per heavy atom. The number of halogens is 1. The first-order valence-corrected chi connectivity index (χ1v) is 8.01. The normalized spacial score (nSPS) is 18.3. The summed E-state index contributed by atoms with van der Waals surface area (Å²) in [7, 11) is 0. The van der Waals surface area contributed by atoms with Gasteiger partial charge in [-0.3, -0.25) is 4.90 Å². The summed E-state index contributed by atoms with van der Waals surface area (Å²) in [5.74, 6) is 0. The number of hydrogen-bond donors (Lipinski definition) is 1. The second-order valence-corrected chi connectivity index (χ2v) is 6.00. The van der Waals surface area contributed by atoms with Crippen molar-refractivity contribution in [3.8, 4) is 0 Å². The number of anilines is 1. The molecule has 1 fully saturated rings. The lowest BCUT2D eigenvalue weighted by Gasteiger charge is -2.39. The van der Waals surface area contributed by atoms with Gasteiger partial charge in [0.1, 0.15) is 0 Å². The van der Waals surface area contributed by atoms with Gasteiger partial charge < -0.3 is 10.6 Å². The van der Waals surface area contributed by atoms with E-state index in [9.17, 15) is 0 Å². The van der Waals surface area contributed by atoms with Crippen LogP contribution in [0.4, 0.5) is 5.69 Å². The lowest BCUT2D eigenvalue weighted by atomic mass is 10.1. The molecule has 2 rings (SSSR count). The van der Waals surface area contributed by atoms with Gasteiger partial charge in [-0.15, -0.1) is 0 Å². The maximum atomic E-state index is 6.34. The Kier molecular flexibility index (Phi) is 5.70. The summed E-state index contributed by atoms with van der Waals surface area (Å²) in [6.45, 7) is 9.65. The molecular formula is C16H26ClN3. The Labute approximate surface area is 127 Å². The molecule has 2 N–H and O–H groups in total. The molecule has 4 heteroatoms. The van der Waals surface area contributed by atoms with Crippen molar-refractivity contribution in [2.24, 2.45) is 5.73 Å². The van der Waals surface area contributed by atoms with Crippen LogP contribution in [-0.2, 0) is 6.42 Å². The van der Waals surface area contributed by atoms with E-state index in [-0.39, 0.29) is 0 Å². The first kappa shape index (κ1) is 15.6. The Morgan fingerprint density at radius 1 is 1.25 bits per heavy atom. The highest BCUT2D eigenvalue weighted by molar-refractivity contribution is 6.31. The van der Waals surface area contributed by atoms with Gasteiger partial charge in [0.25, 0.3) is 0 Å². The summed E-state index contributed by atoms with van der Waals surface area (Å²) < 4.78 is 0. The Morgan fingerprint density at radius 2 is 1.95 bits per heavy atom. The molecule has 1 aliphatic heterocycles. The summed E-state index contributed by atoms with van der Waals surface area (Å²) in [4.78, 5) is 5.00. The van der Waals surface area contributed by atoms with Gasteiger partial charge in [-0.1, -0.05) is 24.6 Å². The highest BCUT2D eigenvalue weighted by atomic mass is 35.5. The van der Waals surface area contributed by atoms with Crippen molar-refractivity contribution in [3.05, 3.63) is 28.8 Å². The molecule has 1 saturated heterocycles. The van der Waals surface area contributed by atoms with Gasteiger partial charge >= 0.3 is 0 Å². The third-order valence-corrected chi connectivity index (χ3v) is 4.70. The Hall–Kier alpha value is -0.770. The monoisotopic (exact) mass is 295 g/mol. The number of piperazine rings is 1. The van der Waals surface area contributed by atoms with Gasteiger partial charge in [0, 0.05) is 42.9 Å². The predicted molar refractivity (Wildman–Crippen MR) is 87.7 cm³/mol. The van der Waals surface area contributed by atoms with Crippen LogP contribution in [0.1, 0.15) is 25.8 Å². The SMILES string of the molecule is CCC(C)N1CCN(c2ccc(CCN)c(Cl)c2)CC1. The third kappa shape index (κ3) is 3.66. The van der Waals surface area contributed by atoms with Crippen LogP contribution < -0.4 is 10.6 Å². The zero-order valence-electron chi connectivity index (χ0n) is 12.6. The highest BCUT2D eigenvalue weighted by Gasteiger charge is 2.20. The van der Waals surface area contributed by atoms with Crippen LogP contribution in [0.5, 0.6) is 0 Å². The second kappa shape index (κ2) is 7.30. The maximum Gasteiger partial charge on any atom is 0.0459 e. The fourth-order valence-electron chi connectivity index (χ4n) is 2.77. The van der Waals surface area contributed by atoms with E-state index < -0.39 is 0 Å². The average Bonchev–Trinajstić information content (AvgIpc) is 2.49. The fourth-order valence-corrected chi connectivity index (χ4v) is 3.04. The lowest BCUT2D eigenvalue weighted by Crippen LogP contribution is -2.49. The molecule has 0 aliphatic carbocycles. The van der Waals surface area contributed by atoms with E-state index in [0.717, 1.165) is 43.2 Å². The van der Waals surface area contributed by atoms with Crippen LogP contribution >= 0.6 is 11.6 Å². The van der Waals surface area contributed by atoms with E-state index in [2.05, 4.69) is 41.8 Å². The third-order valence-electron chi connectivity index (χ3n) is 4.34. The van der Waals surface area contributed by atoms with E-state index >= 15 is 0 Å². The quantitative estimate of drug-likeness (QED) is 0.907. The number of nitrogens with zero attached hydrogens (tertiary/aromatic N) is 2. The molecule has 20 heavy (non-hydrogen) atoms. The summed E-state index contributed by atoms with van der Waals surface area (Å²) in [5.41, 5.74) is 7.98. The number of nitrogens with two attached hydrogens (primary N) is 1. The molecule has 0 bridgehead atoms. The molecule has 1 aromatic carbocycles. The van der Waals surface area contributed by atoms with Crippen molar-refractivity contribution in [2.75, 3.05) is 37.6 Å². The molecule has 1 aliphatic rings. The van der Waals surface area contributed by atoms with Crippen molar-refractivity contribution < 1.29 is 0 Å². The van der Waals surface area contributed by atoms with E-state index in [1.54, 1.807) is 0 Å². The molecule has 1 atom stereocenters. The van der Waals surface area contributed by atoms with E-state index in [0.29, 0.717) is 12.6 Å². The fraction of sp³-hybridized carbons (Fsp3) is 0.625. The van der Waals surface area contributed by atoms with Crippen molar-refractivity contribution in [1.29, 1.82) is 0 Å². The number of rotatable bonds is 5. The van der Waals surface area contributed by atoms with Crippen LogP contribution in [0.15, 0.2) is 18.2 Å². The van der Waals surface area contributed by atoms with Crippen molar-refractivity contribution in [3.63, 3.8) is 0 Å². The van der Waals surface area contributed by atoms with E-state index in [4.69, 9.17) is 17.3 Å². The van der Waals surface area contributed by atoms with Gasteiger partial charge in [-0.25, -0.2) is 0 Å². The Bertz CT molecular complexity index is 428. The van der Waals surface area contributed by atoms with E-state index in [1.807, 2.05) is 0 Å². The smallest absolute Gasteiger partial charge is 0.0459 e. The molecule has 1 heterocycles. The van der Waals surface area contributed by atoms with E-state index in [1.165, 1.54) is 12.1 Å². The highest BCUT2D eigenvalue weighted by Crippen LogP contribution is 2.25. The van der Waals surface area contributed by atoms with Crippen LogP contribution in [0, 0.1) is 0 Å². The van der Waals surface area contributed by atoms with Gasteiger partial charge in [-0.05, 0) is 44.0 Å². The number of benzene rings is 1. The largest absolute Gasteiger partial charge is 0.369 e. The standard InChI is InChI=1S/C16H26ClN3/c1-3-13(2)19-8-10-20(11-9-19)15-5-4-14(6-7-18)16(17)12-15/h4-5,12-13H,3,6-11,18H2,1-2H3. The van der Waals surface area contributed by atoms with Gasteiger partial charge in [-0.2, -0.15) is 0 Å². The van der Waals surface area contributed by atoms with Crippen molar-refractivity contribution in [2.45, 2.75) is 32.7 Å². The lowest BCUT2D eigenvalue weighted by molar-refractivity contribution is 0.193. The molecule has 0 spiro atoms. The average molecular weight is 296 g/mol. The summed E-state index contributed by atoms with van der Waals surface area (Å²) >= 11 is 6.34. The Balaban J connectivity index is 1.98. The van der Waals surface area contributed by atoms with Crippen molar-refractivity contribution in [1.82, 2.24) is 4.90 Å². The van der Waals surface area contributed by atoms with Gasteiger partial charge in [0.05, 0.1) is 0 Å². The second-order valence-electron chi connectivity index (χ2n) is 5.59. The minimum atomic E-state index is 0.645. The van der Waals surface area contributed by atoms with Crippen molar-refractivity contribution >= 4 is 17.3 Å². The molecule has 1 aromatic rings. The van der Waals surface area contributed by atoms with Crippen LogP contribution in [0.2, 0.25) is 5.02 Å². The zero-order valence-corrected chi connectivity index (χ0v) is 13.4. The van der Waals surface area contributed by atoms with Crippen LogP contribution in [0.3, 0.4) is 0 Å². The molecule has 0 aromatic heterocycles. The first-order valence-electron chi connectivity index (χ1n) is 7.63. The molecule has 0 saturated carbocycles. The maximum absolute atomic E-state index is 6.34. The van der Waals surface area contributed by atoms with Crippen LogP contribution in [0.25, 0.3) is 0 Å². The topological polar surface area (TPSA) is 32.5 Å². The minimum Gasteiger partial charge on any atom is -0.369 e. The molecule has 112 valence electrons. The summed E-state index contributed by atoms with van der Waals surface area (Å²) in [6.07, 6.45) is 2.07. The molecule has 0 amide bonds. The molecule has 0 radical (unpaired) electrons. The zero-order chi connectivity index (χ0) is 14.5. The van der Waals surface area contributed by atoms with Gasteiger partial charge in [0.15, 0.2) is 0 Å². The predicted octanol–water partition coefficient (Wildman–Crippen LogP) is 2.76. The molecular weight excluding hydrogens is 270 g/mol.